The third-order valence-electron chi connectivity index (χ3n) is 3.67. The van der Waals surface area contributed by atoms with Gasteiger partial charge in [0.05, 0.1) is 12.1 Å². The van der Waals surface area contributed by atoms with Gasteiger partial charge in [0.15, 0.2) is 0 Å². The zero-order valence-corrected chi connectivity index (χ0v) is 13.5. The summed E-state index contributed by atoms with van der Waals surface area (Å²) >= 11 is 0. The Morgan fingerprint density at radius 1 is 1.05 bits per heavy atom. The normalized spacial score (nSPS) is 13.6. The van der Waals surface area contributed by atoms with Crippen LogP contribution in [0, 0.1) is 5.92 Å². The summed E-state index contributed by atoms with van der Waals surface area (Å²) in [5.41, 5.74) is 7.00. The van der Waals surface area contributed by atoms with Gasteiger partial charge in [-0.05, 0) is 29.2 Å². The zero-order chi connectivity index (χ0) is 14.7. The molecule has 3 nitrogen and oxygen atoms in total. The first-order valence-corrected chi connectivity index (χ1v) is 7.04. The molecule has 0 saturated carbocycles. The average molecular weight is 307 g/mol. The molecule has 2 rings (SSSR count). The quantitative estimate of drug-likeness (QED) is 0.909. The molecule has 1 amide bonds. The van der Waals surface area contributed by atoms with Crippen LogP contribution in [0.2, 0.25) is 0 Å². The van der Waals surface area contributed by atoms with E-state index in [1.54, 1.807) is 0 Å². The Hall–Kier alpha value is -1.58. The van der Waals surface area contributed by atoms with Gasteiger partial charge in [0, 0.05) is 0 Å². The lowest BCUT2D eigenvalue weighted by atomic mass is 9.98. The van der Waals surface area contributed by atoms with E-state index < -0.39 is 6.04 Å². The number of hydrogen-bond acceptors (Lipinski definition) is 2. The predicted octanol–water partition coefficient (Wildman–Crippen LogP) is 3.42. The summed E-state index contributed by atoms with van der Waals surface area (Å²) in [6.45, 7) is 5.90. The van der Waals surface area contributed by atoms with Crippen LogP contribution < -0.4 is 11.1 Å². The molecule has 0 aliphatic rings. The average Bonchev–Trinajstić information content (AvgIpc) is 2.45. The van der Waals surface area contributed by atoms with Crippen LogP contribution in [0.25, 0.3) is 10.8 Å². The number of nitrogens with one attached hydrogen (secondary N) is 1. The van der Waals surface area contributed by atoms with Gasteiger partial charge in [0.2, 0.25) is 5.91 Å². The zero-order valence-electron chi connectivity index (χ0n) is 12.7. The number of amides is 1. The maximum Gasteiger partial charge on any atom is 0.237 e. The van der Waals surface area contributed by atoms with Crippen LogP contribution in [0.3, 0.4) is 0 Å². The van der Waals surface area contributed by atoms with E-state index in [-0.39, 0.29) is 30.3 Å². The second kappa shape index (κ2) is 7.43. The van der Waals surface area contributed by atoms with Gasteiger partial charge in [-0.15, -0.1) is 12.4 Å². The number of carbonyl (C=O) groups is 1. The van der Waals surface area contributed by atoms with E-state index in [2.05, 4.69) is 23.5 Å². The molecule has 0 aliphatic heterocycles. The van der Waals surface area contributed by atoms with Crippen LogP contribution in [0.4, 0.5) is 0 Å². The fourth-order valence-corrected chi connectivity index (χ4v) is 2.32. The van der Waals surface area contributed by atoms with Crippen LogP contribution in [-0.2, 0) is 4.79 Å². The predicted molar refractivity (Wildman–Crippen MR) is 90.6 cm³/mol. The number of nitrogens with two attached hydrogens (primary N) is 1. The minimum atomic E-state index is -0.465. The van der Waals surface area contributed by atoms with Gasteiger partial charge < -0.3 is 11.1 Å². The molecule has 0 aromatic heterocycles. The molecule has 4 heteroatoms. The van der Waals surface area contributed by atoms with Crippen molar-refractivity contribution in [1.82, 2.24) is 5.32 Å². The fourth-order valence-electron chi connectivity index (χ4n) is 2.32. The summed E-state index contributed by atoms with van der Waals surface area (Å²) in [4.78, 5) is 12.1. The van der Waals surface area contributed by atoms with Gasteiger partial charge in [-0.2, -0.15) is 0 Å². The van der Waals surface area contributed by atoms with E-state index in [1.807, 2.05) is 45.0 Å². The molecule has 21 heavy (non-hydrogen) atoms. The van der Waals surface area contributed by atoms with Crippen molar-refractivity contribution in [3.8, 4) is 0 Å². The lowest BCUT2D eigenvalue weighted by Crippen LogP contribution is -2.44. The van der Waals surface area contributed by atoms with Gasteiger partial charge in [-0.25, -0.2) is 0 Å². The van der Waals surface area contributed by atoms with E-state index in [0.29, 0.717) is 0 Å². The van der Waals surface area contributed by atoms with Crippen LogP contribution in [0.1, 0.15) is 32.4 Å². The second-order valence-corrected chi connectivity index (χ2v) is 5.57. The Bertz CT molecular complexity index is 607. The molecular weight excluding hydrogens is 284 g/mol. The van der Waals surface area contributed by atoms with Crippen LogP contribution in [0.15, 0.2) is 42.5 Å². The van der Waals surface area contributed by atoms with Crippen LogP contribution in [0.5, 0.6) is 0 Å². The van der Waals surface area contributed by atoms with Gasteiger partial charge in [-0.3, -0.25) is 4.79 Å². The molecule has 0 aliphatic carbocycles. The minimum absolute atomic E-state index is 0. The maximum absolute atomic E-state index is 12.1. The third kappa shape index (κ3) is 3.96. The summed E-state index contributed by atoms with van der Waals surface area (Å²) in [7, 11) is 0. The van der Waals surface area contributed by atoms with Crippen molar-refractivity contribution < 1.29 is 4.79 Å². The van der Waals surface area contributed by atoms with E-state index in [4.69, 9.17) is 5.73 Å². The largest absolute Gasteiger partial charge is 0.348 e. The minimum Gasteiger partial charge on any atom is -0.348 e. The highest BCUT2D eigenvalue weighted by Crippen LogP contribution is 2.24. The summed E-state index contributed by atoms with van der Waals surface area (Å²) in [6.07, 6.45) is 0. The topological polar surface area (TPSA) is 55.1 Å². The standard InChI is InChI=1S/C17H22N2O.ClH/c1-11(2)16(18)17(20)19-12(3)14-10-6-8-13-7-4-5-9-15(13)14;/h4-12,16H,18H2,1-3H3,(H,19,20);1H/t12?,16-;/m1./s1. The molecule has 0 saturated heterocycles. The molecule has 0 spiro atoms. The van der Waals surface area contributed by atoms with Crippen molar-refractivity contribution in [2.45, 2.75) is 32.9 Å². The van der Waals surface area contributed by atoms with E-state index in [0.717, 1.165) is 5.56 Å². The third-order valence-corrected chi connectivity index (χ3v) is 3.67. The van der Waals surface area contributed by atoms with Gasteiger partial charge >= 0.3 is 0 Å². The lowest BCUT2D eigenvalue weighted by Gasteiger charge is -2.21. The Morgan fingerprint density at radius 2 is 1.67 bits per heavy atom. The van der Waals surface area contributed by atoms with Gasteiger partial charge in [0.1, 0.15) is 0 Å². The Morgan fingerprint density at radius 3 is 2.33 bits per heavy atom. The highest BCUT2D eigenvalue weighted by molar-refractivity contribution is 5.87. The second-order valence-electron chi connectivity index (χ2n) is 5.57. The number of carbonyl (C=O) groups excluding carboxylic acids is 1. The Labute approximate surface area is 132 Å². The van der Waals surface area contributed by atoms with E-state index >= 15 is 0 Å². The first kappa shape index (κ1) is 17.5. The molecule has 0 radical (unpaired) electrons. The molecule has 2 aromatic carbocycles. The maximum atomic E-state index is 12.1. The first-order valence-electron chi connectivity index (χ1n) is 7.04. The number of halogens is 1. The molecule has 3 N–H and O–H groups in total. The van der Waals surface area contributed by atoms with Crippen LogP contribution >= 0.6 is 12.4 Å². The molecular formula is C17H23ClN2O. The van der Waals surface area contributed by atoms with Crippen molar-refractivity contribution in [2.24, 2.45) is 11.7 Å². The van der Waals surface area contributed by atoms with Gasteiger partial charge in [-0.1, -0.05) is 56.3 Å². The Kier molecular flexibility index (Phi) is 6.19. The molecule has 0 bridgehead atoms. The number of rotatable bonds is 4. The number of hydrogen-bond donors (Lipinski definition) is 2. The van der Waals surface area contributed by atoms with E-state index in [9.17, 15) is 4.79 Å². The van der Waals surface area contributed by atoms with Crippen molar-refractivity contribution in [1.29, 1.82) is 0 Å². The smallest absolute Gasteiger partial charge is 0.237 e. The molecule has 0 heterocycles. The van der Waals surface area contributed by atoms with Crippen molar-refractivity contribution >= 4 is 29.1 Å². The lowest BCUT2D eigenvalue weighted by molar-refractivity contribution is -0.123. The van der Waals surface area contributed by atoms with Gasteiger partial charge in [0.25, 0.3) is 0 Å². The SMILES string of the molecule is CC(NC(=O)[C@H](N)C(C)C)c1cccc2ccccc12.Cl. The van der Waals surface area contributed by atoms with Crippen molar-refractivity contribution in [3.63, 3.8) is 0 Å². The number of fused-ring (bicyclic) bond motifs is 1. The first-order chi connectivity index (χ1) is 9.50. The van der Waals surface area contributed by atoms with E-state index in [1.165, 1.54) is 10.8 Å². The fraction of sp³-hybridized carbons (Fsp3) is 0.353. The summed E-state index contributed by atoms with van der Waals surface area (Å²) < 4.78 is 0. The molecule has 2 aromatic rings. The molecule has 114 valence electrons. The van der Waals surface area contributed by atoms with Crippen molar-refractivity contribution in [2.75, 3.05) is 0 Å². The highest BCUT2D eigenvalue weighted by atomic mass is 35.5. The van der Waals surface area contributed by atoms with Crippen molar-refractivity contribution in [3.05, 3.63) is 48.0 Å². The summed E-state index contributed by atoms with van der Waals surface area (Å²) in [6, 6.07) is 13.8. The summed E-state index contributed by atoms with van der Waals surface area (Å²) in [5.74, 6) is 0.0372. The summed E-state index contributed by atoms with van der Waals surface area (Å²) in [5, 5.41) is 5.35. The highest BCUT2D eigenvalue weighted by Gasteiger charge is 2.20. The molecule has 2 atom stereocenters. The number of benzene rings is 2. The molecule has 1 unspecified atom stereocenters. The van der Waals surface area contributed by atoms with Crippen LogP contribution in [-0.4, -0.2) is 11.9 Å². The molecule has 0 fully saturated rings. The monoisotopic (exact) mass is 306 g/mol. The Balaban J connectivity index is 0.00000220.